The molecule has 0 saturated carbocycles. The molecule has 4 nitrogen and oxygen atoms in total. The second-order valence-electron chi connectivity index (χ2n) is 4.40. The Kier molecular flexibility index (Phi) is 7.73. The number of rotatable bonds is 7. The lowest BCUT2D eigenvalue weighted by molar-refractivity contribution is 0.196. The van der Waals surface area contributed by atoms with Crippen molar-refractivity contribution in [1.82, 2.24) is 10.2 Å². The Morgan fingerprint density at radius 3 is 2.75 bits per heavy atom. The number of hydrogen-bond donors (Lipinski definition) is 2. The number of halogens is 2. The molecule has 20 heavy (non-hydrogen) atoms. The van der Waals surface area contributed by atoms with Gasteiger partial charge in [-0.3, -0.25) is 0 Å². The van der Waals surface area contributed by atoms with Crippen molar-refractivity contribution in [1.29, 1.82) is 0 Å². The number of carbonyl (C=O) groups is 1. The molecule has 0 aliphatic heterocycles. The van der Waals surface area contributed by atoms with Crippen LogP contribution in [0.15, 0.2) is 18.2 Å². The van der Waals surface area contributed by atoms with E-state index in [1.54, 1.807) is 23.1 Å². The third-order valence-electron chi connectivity index (χ3n) is 2.94. The van der Waals surface area contributed by atoms with E-state index in [0.29, 0.717) is 36.1 Å². The number of aliphatic hydroxyl groups excluding tert-OH is 1. The van der Waals surface area contributed by atoms with E-state index in [1.807, 2.05) is 6.92 Å². The zero-order valence-electron chi connectivity index (χ0n) is 11.5. The molecule has 0 saturated heterocycles. The van der Waals surface area contributed by atoms with Crippen LogP contribution < -0.4 is 5.32 Å². The molecule has 6 heteroatoms. The van der Waals surface area contributed by atoms with Gasteiger partial charge in [0, 0.05) is 36.3 Å². The van der Waals surface area contributed by atoms with Crippen molar-refractivity contribution >= 4 is 29.2 Å². The molecular weight excluding hydrogens is 299 g/mol. The molecule has 0 radical (unpaired) electrons. The predicted molar refractivity (Wildman–Crippen MR) is 82.3 cm³/mol. The molecule has 0 aliphatic carbocycles. The molecule has 0 spiro atoms. The summed E-state index contributed by atoms with van der Waals surface area (Å²) in [5, 5.41) is 12.8. The van der Waals surface area contributed by atoms with Gasteiger partial charge in [0.05, 0.1) is 0 Å². The van der Waals surface area contributed by atoms with Crippen molar-refractivity contribution in [2.45, 2.75) is 26.3 Å². The van der Waals surface area contributed by atoms with E-state index in [0.717, 1.165) is 12.0 Å². The van der Waals surface area contributed by atoms with Crippen LogP contribution in [0.2, 0.25) is 10.0 Å². The second-order valence-corrected chi connectivity index (χ2v) is 5.25. The highest BCUT2D eigenvalue weighted by molar-refractivity contribution is 6.33. The number of nitrogens with zero attached hydrogens (tertiary/aromatic N) is 1. The van der Waals surface area contributed by atoms with Crippen LogP contribution >= 0.6 is 23.2 Å². The Hall–Kier alpha value is -0.970. The van der Waals surface area contributed by atoms with Crippen LogP contribution in [-0.4, -0.2) is 35.7 Å². The molecule has 0 aliphatic rings. The van der Waals surface area contributed by atoms with E-state index in [-0.39, 0.29) is 12.6 Å². The number of unbranched alkanes of at least 4 members (excludes halogenated alkanes) is 1. The summed E-state index contributed by atoms with van der Waals surface area (Å²) in [6, 6.07) is 5.03. The van der Waals surface area contributed by atoms with E-state index < -0.39 is 0 Å². The number of hydrogen-bond acceptors (Lipinski definition) is 2. The van der Waals surface area contributed by atoms with Crippen LogP contribution in [-0.2, 0) is 6.54 Å². The van der Waals surface area contributed by atoms with Gasteiger partial charge in [0.1, 0.15) is 0 Å². The zero-order chi connectivity index (χ0) is 15.0. The Balaban J connectivity index is 2.50. The molecule has 0 fully saturated rings. The first-order valence-electron chi connectivity index (χ1n) is 6.66. The lowest BCUT2D eigenvalue weighted by atomic mass is 10.2. The summed E-state index contributed by atoms with van der Waals surface area (Å²) in [7, 11) is 0. The molecule has 1 aromatic carbocycles. The van der Waals surface area contributed by atoms with Crippen molar-refractivity contribution in [3.05, 3.63) is 33.8 Å². The van der Waals surface area contributed by atoms with Gasteiger partial charge >= 0.3 is 6.03 Å². The fourth-order valence-corrected chi connectivity index (χ4v) is 2.16. The molecule has 2 N–H and O–H groups in total. The second kappa shape index (κ2) is 9.06. The molecule has 1 aromatic rings. The van der Waals surface area contributed by atoms with Crippen molar-refractivity contribution in [3.63, 3.8) is 0 Å². The smallest absolute Gasteiger partial charge is 0.317 e. The van der Waals surface area contributed by atoms with Gasteiger partial charge in [0.15, 0.2) is 0 Å². The molecule has 0 bridgehead atoms. The standard InChI is InChI=1S/C14H20Cl2N2O2/c1-2-18(7-3-4-8-19)14(20)17-10-11-9-12(15)5-6-13(11)16/h5-6,9,19H,2-4,7-8,10H2,1H3,(H,17,20). The van der Waals surface area contributed by atoms with Gasteiger partial charge in [0.2, 0.25) is 0 Å². The highest BCUT2D eigenvalue weighted by atomic mass is 35.5. The van der Waals surface area contributed by atoms with Crippen LogP contribution in [0, 0.1) is 0 Å². The van der Waals surface area contributed by atoms with E-state index in [2.05, 4.69) is 5.32 Å². The lowest BCUT2D eigenvalue weighted by Crippen LogP contribution is -2.40. The molecule has 0 unspecified atom stereocenters. The first-order valence-corrected chi connectivity index (χ1v) is 7.41. The fourth-order valence-electron chi connectivity index (χ4n) is 1.78. The molecule has 2 amide bonds. The molecule has 112 valence electrons. The Morgan fingerprint density at radius 1 is 1.35 bits per heavy atom. The Bertz CT molecular complexity index is 441. The van der Waals surface area contributed by atoms with Crippen LogP contribution in [0.5, 0.6) is 0 Å². The highest BCUT2D eigenvalue weighted by Crippen LogP contribution is 2.20. The van der Waals surface area contributed by atoms with Gasteiger partial charge in [-0.15, -0.1) is 0 Å². The third kappa shape index (κ3) is 5.57. The summed E-state index contributed by atoms with van der Waals surface area (Å²) in [5.41, 5.74) is 0.791. The van der Waals surface area contributed by atoms with Gasteiger partial charge in [-0.2, -0.15) is 0 Å². The topological polar surface area (TPSA) is 52.6 Å². The normalized spacial score (nSPS) is 10.4. The minimum Gasteiger partial charge on any atom is -0.396 e. The first kappa shape index (κ1) is 17.1. The largest absolute Gasteiger partial charge is 0.396 e. The minimum absolute atomic E-state index is 0.138. The minimum atomic E-state index is -0.138. The monoisotopic (exact) mass is 318 g/mol. The average Bonchev–Trinajstić information content (AvgIpc) is 2.44. The first-order chi connectivity index (χ1) is 9.58. The van der Waals surface area contributed by atoms with E-state index in [4.69, 9.17) is 28.3 Å². The molecule has 0 aromatic heterocycles. The highest BCUT2D eigenvalue weighted by Gasteiger charge is 2.11. The number of amides is 2. The maximum absolute atomic E-state index is 12.0. The van der Waals surface area contributed by atoms with Crippen molar-refractivity contribution < 1.29 is 9.90 Å². The van der Waals surface area contributed by atoms with Gasteiger partial charge in [-0.1, -0.05) is 23.2 Å². The quantitative estimate of drug-likeness (QED) is 0.758. The van der Waals surface area contributed by atoms with Crippen LogP contribution in [0.25, 0.3) is 0 Å². The lowest BCUT2D eigenvalue weighted by Gasteiger charge is -2.21. The van der Waals surface area contributed by atoms with Gasteiger partial charge in [-0.05, 0) is 43.5 Å². The summed E-state index contributed by atoms with van der Waals surface area (Å²) < 4.78 is 0. The number of benzene rings is 1. The van der Waals surface area contributed by atoms with E-state index >= 15 is 0 Å². The van der Waals surface area contributed by atoms with Gasteiger partial charge < -0.3 is 15.3 Å². The summed E-state index contributed by atoms with van der Waals surface area (Å²) in [4.78, 5) is 13.7. The zero-order valence-corrected chi connectivity index (χ0v) is 13.0. The summed E-state index contributed by atoms with van der Waals surface area (Å²) in [5.74, 6) is 0. The van der Waals surface area contributed by atoms with Crippen LogP contribution in [0.3, 0.4) is 0 Å². The summed E-state index contributed by atoms with van der Waals surface area (Å²) in [6.07, 6.45) is 1.49. The molecule has 0 heterocycles. The maximum Gasteiger partial charge on any atom is 0.317 e. The third-order valence-corrected chi connectivity index (χ3v) is 3.55. The summed E-state index contributed by atoms with van der Waals surface area (Å²) >= 11 is 11.9. The fraction of sp³-hybridized carbons (Fsp3) is 0.500. The predicted octanol–water partition coefficient (Wildman–Crippen LogP) is 3.30. The van der Waals surface area contributed by atoms with Crippen LogP contribution in [0.1, 0.15) is 25.3 Å². The maximum atomic E-state index is 12.0. The van der Waals surface area contributed by atoms with Crippen LogP contribution in [0.4, 0.5) is 4.79 Å². The van der Waals surface area contributed by atoms with E-state index in [9.17, 15) is 4.79 Å². The average molecular weight is 319 g/mol. The number of carbonyl (C=O) groups excluding carboxylic acids is 1. The van der Waals surface area contributed by atoms with Crippen molar-refractivity contribution in [3.8, 4) is 0 Å². The van der Waals surface area contributed by atoms with Crippen molar-refractivity contribution in [2.75, 3.05) is 19.7 Å². The Labute approximate surface area is 129 Å². The molecular formula is C14H20Cl2N2O2. The molecule has 1 rings (SSSR count). The SMILES string of the molecule is CCN(CCCCO)C(=O)NCc1cc(Cl)ccc1Cl. The van der Waals surface area contributed by atoms with Gasteiger partial charge in [0.25, 0.3) is 0 Å². The Morgan fingerprint density at radius 2 is 2.10 bits per heavy atom. The number of nitrogens with one attached hydrogen (secondary N) is 1. The van der Waals surface area contributed by atoms with Crippen molar-refractivity contribution in [2.24, 2.45) is 0 Å². The molecule has 0 atom stereocenters. The number of urea groups is 1. The van der Waals surface area contributed by atoms with Gasteiger partial charge in [-0.25, -0.2) is 4.79 Å². The summed E-state index contributed by atoms with van der Waals surface area (Å²) in [6.45, 7) is 3.67. The number of aliphatic hydroxyl groups is 1. The van der Waals surface area contributed by atoms with E-state index in [1.165, 1.54) is 0 Å².